The molecule has 0 aliphatic heterocycles. The first kappa shape index (κ1) is 15.2. The Hall–Kier alpha value is -2.15. The van der Waals surface area contributed by atoms with Crippen LogP contribution in [-0.2, 0) is 24.2 Å². The van der Waals surface area contributed by atoms with Crippen LogP contribution in [0.5, 0.6) is 0 Å². The SMILES string of the molecule is CCc1nnc(CN(C)Cc2cc(C(=O)OC)c(C)o2)o1. The minimum Gasteiger partial charge on any atom is -0.465 e. The summed E-state index contributed by atoms with van der Waals surface area (Å²) in [5, 5.41) is 7.89. The van der Waals surface area contributed by atoms with Crippen molar-refractivity contribution in [3.05, 3.63) is 34.9 Å². The highest BCUT2D eigenvalue weighted by molar-refractivity contribution is 5.90. The number of rotatable bonds is 6. The molecule has 2 aromatic heterocycles. The van der Waals surface area contributed by atoms with Crippen LogP contribution in [0.25, 0.3) is 0 Å². The van der Waals surface area contributed by atoms with Crippen molar-refractivity contribution < 1.29 is 18.4 Å². The van der Waals surface area contributed by atoms with Crippen LogP contribution >= 0.6 is 0 Å². The second-order valence-corrected chi connectivity index (χ2v) is 4.79. The number of aryl methyl sites for hydroxylation is 2. The Balaban J connectivity index is 1.99. The number of nitrogens with zero attached hydrogens (tertiary/aromatic N) is 3. The lowest BCUT2D eigenvalue weighted by molar-refractivity contribution is 0.0599. The molecule has 0 aromatic carbocycles. The van der Waals surface area contributed by atoms with Crippen LogP contribution in [0.1, 0.15) is 40.6 Å². The van der Waals surface area contributed by atoms with Gasteiger partial charge in [-0.25, -0.2) is 4.79 Å². The van der Waals surface area contributed by atoms with Crippen LogP contribution in [0, 0.1) is 6.92 Å². The molecule has 0 saturated heterocycles. The predicted molar refractivity (Wildman–Crippen MR) is 73.6 cm³/mol. The van der Waals surface area contributed by atoms with E-state index in [2.05, 4.69) is 10.2 Å². The van der Waals surface area contributed by atoms with Gasteiger partial charge in [0, 0.05) is 6.42 Å². The second kappa shape index (κ2) is 6.53. The van der Waals surface area contributed by atoms with Gasteiger partial charge in [0.1, 0.15) is 17.1 Å². The molecule has 0 aliphatic carbocycles. The molecular weight excluding hydrogens is 274 g/mol. The van der Waals surface area contributed by atoms with Crippen molar-refractivity contribution in [2.45, 2.75) is 33.4 Å². The molecule has 2 rings (SSSR count). The summed E-state index contributed by atoms with van der Waals surface area (Å²) < 4.78 is 15.7. The van der Waals surface area contributed by atoms with Crippen molar-refractivity contribution in [1.82, 2.24) is 15.1 Å². The summed E-state index contributed by atoms with van der Waals surface area (Å²) in [6.07, 6.45) is 0.719. The number of esters is 1. The van der Waals surface area contributed by atoms with Crippen molar-refractivity contribution in [1.29, 1.82) is 0 Å². The van der Waals surface area contributed by atoms with E-state index in [9.17, 15) is 4.79 Å². The minimum atomic E-state index is -0.394. The third kappa shape index (κ3) is 3.69. The Bertz CT molecular complexity index is 618. The zero-order valence-electron chi connectivity index (χ0n) is 12.7. The molecule has 7 nitrogen and oxygen atoms in total. The standard InChI is InChI=1S/C14H19N3O4/c1-5-12-15-16-13(21-12)8-17(3)7-10-6-11(9(2)20-10)14(18)19-4/h6H,5,7-8H2,1-4H3. The Morgan fingerprint density at radius 1 is 1.29 bits per heavy atom. The number of hydrogen-bond donors (Lipinski definition) is 0. The van der Waals surface area contributed by atoms with E-state index in [4.69, 9.17) is 13.6 Å². The van der Waals surface area contributed by atoms with E-state index in [1.165, 1.54) is 7.11 Å². The summed E-state index contributed by atoms with van der Waals surface area (Å²) >= 11 is 0. The molecule has 0 atom stereocenters. The maximum absolute atomic E-state index is 11.5. The summed E-state index contributed by atoms with van der Waals surface area (Å²) in [5.41, 5.74) is 0.451. The first-order valence-corrected chi connectivity index (χ1v) is 6.70. The molecule has 2 heterocycles. The molecule has 0 bridgehead atoms. The number of methoxy groups -OCH3 is 1. The van der Waals surface area contributed by atoms with Gasteiger partial charge < -0.3 is 13.6 Å². The zero-order chi connectivity index (χ0) is 15.4. The second-order valence-electron chi connectivity index (χ2n) is 4.79. The van der Waals surface area contributed by atoms with E-state index in [1.807, 2.05) is 18.9 Å². The molecule has 21 heavy (non-hydrogen) atoms. The van der Waals surface area contributed by atoms with Crippen LogP contribution in [0.4, 0.5) is 0 Å². The van der Waals surface area contributed by atoms with Gasteiger partial charge >= 0.3 is 5.97 Å². The summed E-state index contributed by atoms with van der Waals surface area (Å²) in [6.45, 7) is 4.74. The highest BCUT2D eigenvalue weighted by Gasteiger charge is 2.17. The molecule has 2 aromatic rings. The Morgan fingerprint density at radius 3 is 2.62 bits per heavy atom. The lowest BCUT2D eigenvalue weighted by Crippen LogP contribution is -2.17. The van der Waals surface area contributed by atoms with E-state index in [0.29, 0.717) is 42.0 Å². The zero-order valence-corrected chi connectivity index (χ0v) is 12.7. The third-order valence-electron chi connectivity index (χ3n) is 3.02. The number of hydrogen-bond acceptors (Lipinski definition) is 7. The molecule has 0 unspecified atom stereocenters. The van der Waals surface area contributed by atoms with Crippen LogP contribution in [-0.4, -0.2) is 35.2 Å². The molecule has 114 valence electrons. The maximum atomic E-state index is 11.5. The monoisotopic (exact) mass is 293 g/mol. The van der Waals surface area contributed by atoms with Crippen molar-refractivity contribution >= 4 is 5.97 Å². The lowest BCUT2D eigenvalue weighted by atomic mass is 10.2. The predicted octanol–water partition coefficient (Wildman–Crippen LogP) is 1.95. The van der Waals surface area contributed by atoms with Gasteiger partial charge in [0.2, 0.25) is 11.8 Å². The molecule has 7 heteroatoms. The normalized spacial score (nSPS) is 11.1. The van der Waals surface area contributed by atoms with Crippen LogP contribution in [0.15, 0.2) is 14.9 Å². The van der Waals surface area contributed by atoms with Crippen LogP contribution in [0.3, 0.4) is 0 Å². The van der Waals surface area contributed by atoms with Crippen molar-refractivity contribution in [3.8, 4) is 0 Å². The number of carbonyl (C=O) groups is 1. The van der Waals surface area contributed by atoms with Gasteiger partial charge in [0.25, 0.3) is 0 Å². The fraction of sp³-hybridized carbons (Fsp3) is 0.500. The fourth-order valence-corrected chi connectivity index (χ4v) is 1.98. The Morgan fingerprint density at radius 2 is 2.00 bits per heavy atom. The molecule has 0 saturated carbocycles. The molecular formula is C14H19N3O4. The smallest absolute Gasteiger partial charge is 0.341 e. The Labute approximate surface area is 122 Å². The molecule has 0 spiro atoms. The topological polar surface area (TPSA) is 81.6 Å². The van der Waals surface area contributed by atoms with Crippen molar-refractivity contribution in [2.75, 3.05) is 14.2 Å². The van der Waals surface area contributed by atoms with Crippen molar-refractivity contribution in [3.63, 3.8) is 0 Å². The van der Waals surface area contributed by atoms with Crippen molar-refractivity contribution in [2.24, 2.45) is 0 Å². The number of aromatic nitrogens is 2. The van der Waals surface area contributed by atoms with Gasteiger partial charge in [0.15, 0.2) is 0 Å². The van der Waals surface area contributed by atoms with Crippen LogP contribution < -0.4 is 0 Å². The third-order valence-corrected chi connectivity index (χ3v) is 3.02. The van der Waals surface area contributed by atoms with Crippen LogP contribution in [0.2, 0.25) is 0 Å². The number of carbonyl (C=O) groups excluding carboxylic acids is 1. The quantitative estimate of drug-likeness (QED) is 0.753. The molecule has 0 aliphatic rings. The first-order valence-electron chi connectivity index (χ1n) is 6.70. The van der Waals surface area contributed by atoms with E-state index in [0.717, 1.165) is 6.42 Å². The van der Waals surface area contributed by atoms with Gasteiger partial charge in [-0.15, -0.1) is 10.2 Å². The van der Waals surface area contributed by atoms with Gasteiger partial charge in [-0.3, -0.25) is 4.90 Å². The average Bonchev–Trinajstić information content (AvgIpc) is 3.04. The van der Waals surface area contributed by atoms with E-state index in [-0.39, 0.29) is 0 Å². The summed E-state index contributed by atoms with van der Waals surface area (Å²) in [4.78, 5) is 13.5. The first-order chi connectivity index (χ1) is 10.0. The number of ether oxygens (including phenoxy) is 1. The van der Waals surface area contributed by atoms with Gasteiger partial charge in [0.05, 0.1) is 20.2 Å². The summed E-state index contributed by atoms with van der Waals surface area (Å²) in [5.74, 6) is 2.03. The van der Waals surface area contributed by atoms with E-state index < -0.39 is 5.97 Å². The average molecular weight is 293 g/mol. The highest BCUT2D eigenvalue weighted by Crippen LogP contribution is 2.17. The maximum Gasteiger partial charge on any atom is 0.341 e. The number of furan rings is 1. The summed E-state index contributed by atoms with van der Waals surface area (Å²) in [7, 11) is 3.26. The Kier molecular flexibility index (Phi) is 4.74. The van der Waals surface area contributed by atoms with Gasteiger partial charge in [-0.1, -0.05) is 6.92 Å². The lowest BCUT2D eigenvalue weighted by Gasteiger charge is -2.11. The molecule has 0 amide bonds. The minimum absolute atomic E-state index is 0.394. The van der Waals surface area contributed by atoms with E-state index >= 15 is 0 Å². The molecule has 0 N–H and O–H groups in total. The molecule has 0 fully saturated rings. The summed E-state index contributed by atoms with van der Waals surface area (Å²) in [6, 6.07) is 1.70. The fourth-order valence-electron chi connectivity index (χ4n) is 1.98. The molecule has 0 radical (unpaired) electrons. The largest absolute Gasteiger partial charge is 0.465 e. The highest BCUT2D eigenvalue weighted by atomic mass is 16.5. The van der Waals surface area contributed by atoms with Gasteiger partial charge in [-0.05, 0) is 20.0 Å². The van der Waals surface area contributed by atoms with E-state index in [1.54, 1.807) is 13.0 Å². The van der Waals surface area contributed by atoms with Gasteiger partial charge in [-0.2, -0.15) is 0 Å².